The zero-order valence-electron chi connectivity index (χ0n) is 23.5. The van der Waals surface area contributed by atoms with Crippen LogP contribution in [0.5, 0.6) is 34.5 Å². The number of para-hydroxylation sites is 6. The molecule has 2 aliphatic rings. The molecule has 0 amide bonds. The minimum atomic E-state index is -1.03. The summed E-state index contributed by atoms with van der Waals surface area (Å²) in [5.41, 5.74) is 5.33. The normalized spacial score (nSPS) is 12.7. The Morgan fingerprint density at radius 3 is 0.864 bits per heavy atom. The van der Waals surface area contributed by atoms with Gasteiger partial charge in [-0.1, -0.05) is 109 Å². The first-order valence-electron chi connectivity index (χ1n) is 14.4. The molecule has 0 spiro atoms. The lowest BCUT2D eigenvalue weighted by molar-refractivity contribution is 0.310. The van der Waals surface area contributed by atoms with E-state index in [0.29, 0.717) is 34.5 Å². The minimum Gasteiger partial charge on any atom is -0.489 e. The zero-order chi connectivity index (χ0) is 29.3. The molecule has 2 heterocycles. The maximum Gasteiger partial charge on any atom is 0.864 e. The van der Waals surface area contributed by atoms with Crippen LogP contribution in [0.15, 0.2) is 146 Å². The Hall–Kier alpha value is -5.75. The maximum absolute atomic E-state index is 6.43. The molecule has 0 atom stereocenters. The summed E-state index contributed by atoms with van der Waals surface area (Å²) in [7, 11) is -2.06. The Balaban J connectivity index is 1.12. The molecular weight excluding hydrogens is 550 g/mol. The van der Waals surface area contributed by atoms with Gasteiger partial charge in [0.05, 0.1) is 0 Å². The van der Waals surface area contributed by atoms with Crippen molar-refractivity contribution in [2.75, 3.05) is 0 Å². The van der Waals surface area contributed by atoms with Crippen LogP contribution < -0.4 is 27.9 Å². The first-order chi connectivity index (χ1) is 21.8. The van der Waals surface area contributed by atoms with Gasteiger partial charge in [-0.3, -0.25) is 0 Å². The van der Waals surface area contributed by atoms with Gasteiger partial charge in [0.15, 0.2) is 0 Å². The van der Waals surface area contributed by atoms with Crippen LogP contribution in [-0.2, 0) is 0 Å². The molecule has 6 aromatic carbocycles. The molecule has 6 aromatic rings. The standard InChI is InChI=1S/C36H24B2O6/c1-7-19-31-25(13-1)26-14-2-8-20-32(26)40-37(39-31)43-35-23-11-5-17-29(35)30-18-6-12-24-36(30)44-38-41-33-21-9-3-15-27(33)28-16-4-10-22-34(28)42-38/h1-24H. The van der Waals surface area contributed by atoms with Crippen LogP contribution in [-0.4, -0.2) is 14.6 Å². The van der Waals surface area contributed by atoms with E-state index < -0.39 is 14.6 Å². The fourth-order valence-electron chi connectivity index (χ4n) is 5.52. The lowest BCUT2D eigenvalue weighted by Gasteiger charge is -2.19. The molecule has 6 nitrogen and oxygen atoms in total. The van der Waals surface area contributed by atoms with Crippen molar-refractivity contribution in [3.05, 3.63) is 146 Å². The second kappa shape index (κ2) is 11.2. The summed E-state index contributed by atoms with van der Waals surface area (Å²) < 4.78 is 37.9. The summed E-state index contributed by atoms with van der Waals surface area (Å²) >= 11 is 0. The highest BCUT2D eigenvalue weighted by Gasteiger charge is 2.37. The van der Waals surface area contributed by atoms with E-state index in [-0.39, 0.29) is 0 Å². The quantitative estimate of drug-likeness (QED) is 0.193. The van der Waals surface area contributed by atoms with Gasteiger partial charge in [-0.15, -0.1) is 0 Å². The second-order valence-electron chi connectivity index (χ2n) is 10.3. The van der Waals surface area contributed by atoms with Crippen molar-refractivity contribution >= 4 is 14.6 Å². The highest BCUT2D eigenvalue weighted by Crippen LogP contribution is 2.43. The summed E-state index contributed by atoms with van der Waals surface area (Å²) in [5, 5.41) is 0. The van der Waals surface area contributed by atoms with Gasteiger partial charge in [-0.05, 0) is 36.4 Å². The van der Waals surface area contributed by atoms with E-state index in [0.717, 1.165) is 33.4 Å². The van der Waals surface area contributed by atoms with Gasteiger partial charge < -0.3 is 27.9 Å². The fourth-order valence-corrected chi connectivity index (χ4v) is 5.52. The van der Waals surface area contributed by atoms with E-state index in [1.807, 2.05) is 146 Å². The fraction of sp³-hybridized carbons (Fsp3) is 0. The third kappa shape index (κ3) is 4.86. The molecule has 0 saturated heterocycles. The van der Waals surface area contributed by atoms with Crippen LogP contribution in [0.1, 0.15) is 0 Å². The topological polar surface area (TPSA) is 55.4 Å². The molecule has 0 fully saturated rings. The number of benzene rings is 6. The van der Waals surface area contributed by atoms with Gasteiger partial charge in [0.2, 0.25) is 0 Å². The van der Waals surface area contributed by atoms with Crippen LogP contribution in [0, 0.1) is 0 Å². The number of rotatable bonds is 5. The Morgan fingerprint density at radius 2 is 0.545 bits per heavy atom. The molecule has 210 valence electrons. The molecule has 8 rings (SSSR count). The SMILES string of the molecule is c1ccc(-c2ccccc2OB2Oc3ccccc3-c3ccccc3O2)c(OB2Oc3ccccc3-c3ccccc3O2)c1. The highest BCUT2D eigenvalue weighted by molar-refractivity contribution is 6.41. The predicted octanol–water partition coefficient (Wildman–Crippen LogP) is 8.36. The largest absolute Gasteiger partial charge is 0.864 e. The zero-order valence-corrected chi connectivity index (χ0v) is 23.5. The predicted molar refractivity (Wildman–Crippen MR) is 171 cm³/mol. The number of fused-ring (bicyclic) bond motifs is 6. The van der Waals surface area contributed by atoms with Crippen molar-refractivity contribution in [1.29, 1.82) is 0 Å². The summed E-state index contributed by atoms with van der Waals surface area (Å²) in [6.45, 7) is 0. The molecule has 0 unspecified atom stereocenters. The van der Waals surface area contributed by atoms with E-state index in [1.54, 1.807) is 0 Å². The van der Waals surface area contributed by atoms with Gasteiger partial charge in [0.1, 0.15) is 34.5 Å². The van der Waals surface area contributed by atoms with Crippen LogP contribution in [0.25, 0.3) is 33.4 Å². The van der Waals surface area contributed by atoms with Crippen molar-refractivity contribution in [3.63, 3.8) is 0 Å². The van der Waals surface area contributed by atoms with Crippen molar-refractivity contribution in [3.8, 4) is 67.9 Å². The van der Waals surface area contributed by atoms with E-state index >= 15 is 0 Å². The van der Waals surface area contributed by atoms with E-state index in [4.69, 9.17) is 27.9 Å². The average molecular weight is 574 g/mol. The van der Waals surface area contributed by atoms with Crippen LogP contribution >= 0.6 is 0 Å². The molecule has 0 radical (unpaired) electrons. The van der Waals surface area contributed by atoms with Crippen molar-refractivity contribution in [1.82, 2.24) is 0 Å². The summed E-state index contributed by atoms with van der Waals surface area (Å²) in [6.07, 6.45) is 0. The van der Waals surface area contributed by atoms with Gasteiger partial charge >= 0.3 is 14.6 Å². The van der Waals surface area contributed by atoms with E-state index in [2.05, 4.69) is 0 Å². The van der Waals surface area contributed by atoms with Crippen molar-refractivity contribution in [2.24, 2.45) is 0 Å². The maximum atomic E-state index is 6.43. The Labute approximate surface area is 255 Å². The molecule has 0 N–H and O–H groups in total. The van der Waals surface area contributed by atoms with Gasteiger partial charge in [-0.2, -0.15) is 0 Å². The van der Waals surface area contributed by atoms with E-state index in [9.17, 15) is 0 Å². The van der Waals surface area contributed by atoms with Crippen LogP contribution in [0.4, 0.5) is 0 Å². The molecule has 8 heteroatoms. The first kappa shape index (κ1) is 25.9. The smallest absolute Gasteiger partial charge is 0.489 e. The third-order valence-electron chi connectivity index (χ3n) is 7.53. The lowest BCUT2D eigenvalue weighted by atomic mass is 10.0. The Kier molecular flexibility index (Phi) is 6.57. The summed E-state index contributed by atoms with van der Waals surface area (Å²) in [4.78, 5) is 0. The molecule has 0 bridgehead atoms. The molecular formula is C36H24B2O6. The lowest BCUT2D eigenvalue weighted by Crippen LogP contribution is -2.37. The Morgan fingerprint density at radius 1 is 0.295 bits per heavy atom. The second-order valence-corrected chi connectivity index (χ2v) is 10.3. The third-order valence-corrected chi connectivity index (χ3v) is 7.53. The molecule has 0 aromatic heterocycles. The van der Waals surface area contributed by atoms with Crippen molar-refractivity contribution < 1.29 is 27.9 Å². The average Bonchev–Trinajstić information content (AvgIpc) is 3.32. The Bertz CT molecular complexity index is 1740. The van der Waals surface area contributed by atoms with Gasteiger partial charge in [0, 0.05) is 33.4 Å². The molecule has 2 aliphatic heterocycles. The molecule has 0 aliphatic carbocycles. The molecule has 44 heavy (non-hydrogen) atoms. The van der Waals surface area contributed by atoms with E-state index in [1.165, 1.54) is 0 Å². The monoisotopic (exact) mass is 574 g/mol. The van der Waals surface area contributed by atoms with Gasteiger partial charge in [0.25, 0.3) is 0 Å². The summed E-state index contributed by atoms with van der Waals surface area (Å²) in [5.74, 6) is 3.81. The molecule has 0 saturated carbocycles. The van der Waals surface area contributed by atoms with Crippen molar-refractivity contribution in [2.45, 2.75) is 0 Å². The number of hydrogen-bond acceptors (Lipinski definition) is 6. The van der Waals surface area contributed by atoms with Crippen LogP contribution in [0.3, 0.4) is 0 Å². The first-order valence-corrected chi connectivity index (χ1v) is 14.4. The summed E-state index contributed by atoms with van der Waals surface area (Å²) in [6, 6.07) is 46.7. The highest BCUT2D eigenvalue weighted by atomic mass is 16.7. The number of hydrogen-bond donors (Lipinski definition) is 0. The van der Waals surface area contributed by atoms with Crippen LogP contribution in [0.2, 0.25) is 0 Å². The minimum absolute atomic E-state index is 0.559. The van der Waals surface area contributed by atoms with Gasteiger partial charge in [-0.25, -0.2) is 0 Å².